The van der Waals surface area contributed by atoms with Crippen LogP contribution >= 0.6 is 0 Å². The lowest BCUT2D eigenvalue weighted by molar-refractivity contribution is -0.384. The summed E-state index contributed by atoms with van der Waals surface area (Å²) in [6.45, 7) is 0.236. The molecule has 3 aromatic carbocycles. The molecule has 0 bridgehead atoms. The number of anilines is 1. The molecule has 2 aromatic heterocycles. The van der Waals surface area contributed by atoms with E-state index in [4.69, 9.17) is 0 Å². The molecule has 0 saturated heterocycles. The van der Waals surface area contributed by atoms with Crippen LogP contribution in [0.1, 0.15) is 16.1 Å². The number of hydrogen-bond donors (Lipinski definition) is 1. The molecule has 2 heterocycles. The van der Waals surface area contributed by atoms with Crippen LogP contribution in [-0.4, -0.2) is 20.0 Å². The van der Waals surface area contributed by atoms with E-state index in [1.165, 1.54) is 24.3 Å². The Morgan fingerprint density at radius 1 is 1.00 bits per heavy atom. The highest BCUT2D eigenvalue weighted by Crippen LogP contribution is 2.27. The first-order valence-corrected chi connectivity index (χ1v) is 10.3. The Labute approximate surface area is 187 Å². The molecular formula is C25H19FN4O3. The summed E-state index contributed by atoms with van der Waals surface area (Å²) in [6.07, 6.45) is 1.94. The van der Waals surface area contributed by atoms with Crippen LogP contribution in [0, 0.1) is 15.9 Å². The minimum absolute atomic E-state index is 0.0631. The number of aromatic nitrogens is 2. The number of halogens is 1. The topological polar surface area (TPSA) is 82.1 Å². The SMILES string of the molecule is Cn1ccc2cc(NC(=O)c3cc4cc([N+](=O)[O-])ccc4n3Cc3cccc(F)c3)ccc21. The molecule has 164 valence electrons. The maximum atomic E-state index is 13.8. The predicted octanol–water partition coefficient (Wildman–Crippen LogP) is 5.48. The molecule has 33 heavy (non-hydrogen) atoms. The Bertz CT molecular complexity index is 1550. The van der Waals surface area contributed by atoms with Gasteiger partial charge in [0, 0.05) is 59.4 Å². The largest absolute Gasteiger partial charge is 0.351 e. The molecule has 0 unspecified atom stereocenters. The monoisotopic (exact) mass is 442 g/mol. The lowest BCUT2D eigenvalue weighted by Gasteiger charge is -2.12. The first-order valence-electron chi connectivity index (χ1n) is 10.3. The average Bonchev–Trinajstić information content (AvgIpc) is 3.34. The van der Waals surface area contributed by atoms with Crippen molar-refractivity contribution in [2.75, 3.05) is 5.32 Å². The lowest BCUT2D eigenvalue weighted by atomic mass is 10.2. The van der Waals surface area contributed by atoms with E-state index < -0.39 is 4.92 Å². The molecule has 0 atom stereocenters. The number of nitro benzene ring substituents is 1. The Hall–Kier alpha value is -4.46. The zero-order chi connectivity index (χ0) is 23.1. The molecule has 1 amide bonds. The van der Waals surface area contributed by atoms with Gasteiger partial charge in [0.2, 0.25) is 0 Å². The van der Waals surface area contributed by atoms with Crippen molar-refractivity contribution in [3.63, 3.8) is 0 Å². The van der Waals surface area contributed by atoms with Gasteiger partial charge in [0.1, 0.15) is 11.5 Å². The number of amides is 1. The molecule has 0 radical (unpaired) electrons. The standard InChI is InChI=1S/C25H19FN4O3/c1-28-10-9-17-12-20(5-7-22(17)28)27-25(31)24-14-18-13-21(30(32)33)6-8-23(18)29(24)15-16-3-2-4-19(26)11-16/h2-14H,15H2,1H3,(H,27,31). The Balaban J connectivity index is 1.56. The highest BCUT2D eigenvalue weighted by Gasteiger charge is 2.19. The van der Waals surface area contributed by atoms with Crippen LogP contribution in [0.4, 0.5) is 15.8 Å². The number of fused-ring (bicyclic) bond motifs is 2. The number of hydrogen-bond acceptors (Lipinski definition) is 3. The van der Waals surface area contributed by atoms with Crippen LogP contribution in [0.3, 0.4) is 0 Å². The number of nitrogens with one attached hydrogen (secondary N) is 1. The second-order valence-corrected chi connectivity index (χ2v) is 7.90. The van der Waals surface area contributed by atoms with Crippen molar-refractivity contribution in [1.29, 1.82) is 0 Å². The summed E-state index contributed by atoms with van der Waals surface area (Å²) < 4.78 is 17.5. The molecule has 7 nitrogen and oxygen atoms in total. The minimum Gasteiger partial charge on any atom is -0.351 e. The molecule has 5 aromatic rings. The van der Waals surface area contributed by atoms with E-state index in [0.717, 1.165) is 10.9 Å². The first-order chi connectivity index (χ1) is 15.9. The van der Waals surface area contributed by atoms with Gasteiger partial charge in [-0.05, 0) is 54.1 Å². The molecule has 1 N–H and O–H groups in total. The summed E-state index contributed by atoms with van der Waals surface area (Å²) in [6, 6.07) is 19.8. The lowest BCUT2D eigenvalue weighted by Crippen LogP contribution is -2.17. The molecule has 8 heteroatoms. The van der Waals surface area contributed by atoms with Crippen molar-refractivity contribution in [2.45, 2.75) is 6.54 Å². The van der Waals surface area contributed by atoms with E-state index in [9.17, 15) is 19.3 Å². The van der Waals surface area contributed by atoms with E-state index in [2.05, 4.69) is 5.32 Å². The number of benzene rings is 3. The quantitative estimate of drug-likeness (QED) is 0.289. The maximum absolute atomic E-state index is 13.8. The smallest absolute Gasteiger partial charge is 0.272 e. The molecular weight excluding hydrogens is 423 g/mol. The van der Waals surface area contributed by atoms with Crippen molar-refractivity contribution in [2.24, 2.45) is 7.05 Å². The second-order valence-electron chi connectivity index (χ2n) is 7.90. The van der Waals surface area contributed by atoms with Crippen molar-refractivity contribution in [3.8, 4) is 0 Å². The summed E-state index contributed by atoms with van der Waals surface area (Å²) in [5, 5.41) is 15.7. The van der Waals surface area contributed by atoms with Crippen molar-refractivity contribution < 1.29 is 14.1 Å². The van der Waals surface area contributed by atoms with Crippen LogP contribution in [0.5, 0.6) is 0 Å². The summed E-state index contributed by atoms with van der Waals surface area (Å²) in [5.74, 6) is -0.734. The number of non-ortho nitro benzene ring substituents is 1. The third-order valence-electron chi connectivity index (χ3n) is 5.70. The van der Waals surface area contributed by atoms with E-state index in [-0.39, 0.29) is 24.0 Å². The van der Waals surface area contributed by atoms with Crippen LogP contribution in [0.25, 0.3) is 21.8 Å². The normalized spacial score (nSPS) is 11.2. The van der Waals surface area contributed by atoms with Crippen molar-refractivity contribution in [1.82, 2.24) is 9.13 Å². The van der Waals surface area contributed by atoms with E-state index in [0.29, 0.717) is 27.8 Å². The molecule has 5 rings (SSSR count). The van der Waals surface area contributed by atoms with Crippen LogP contribution in [0.2, 0.25) is 0 Å². The number of carbonyl (C=O) groups is 1. The number of carbonyl (C=O) groups excluding carboxylic acids is 1. The van der Waals surface area contributed by atoms with Gasteiger partial charge in [-0.1, -0.05) is 12.1 Å². The van der Waals surface area contributed by atoms with Crippen LogP contribution in [0.15, 0.2) is 79.0 Å². The van der Waals surface area contributed by atoms with Gasteiger partial charge in [-0.2, -0.15) is 0 Å². The Morgan fingerprint density at radius 2 is 1.82 bits per heavy atom. The van der Waals surface area contributed by atoms with Crippen molar-refractivity contribution >= 4 is 39.1 Å². The third-order valence-corrected chi connectivity index (χ3v) is 5.70. The first kappa shape index (κ1) is 20.4. The van der Waals surface area contributed by atoms with Gasteiger partial charge >= 0.3 is 0 Å². The fraction of sp³-hybridized carbons (Fsp3) is 0.0800. The summed E-state index contributed by atoms with van der Waals surface area (Å²) in [4.78, 5) is 24.0. The Morgan fingerprint density at radius 3 is 2.61 bits per heavy atom. The fourth-order valence-electron chi connectivity index (χ4n) is 4.10. The zero-order valence-corrected chi connectivity index (χ0v) is 17.7. The van der Waals surface area contributed by atoms with Gasteiger partial charge in [0.05, 0.1) is 4.92 Å². The van der Waals surface area contributed by atoms with Crippen LogP contribution in [-0.2, 0) is 13.6 Å². The van der Waals surface area contributed by atoms with E-state index >= 15 is 0 Å². The van der Waals surface area contributed by atoms with E-state index in [1.54, 1.807) is 28.8 Å². The second kappa shape index (κ2) is 7.90. The zero-order valence-electron chi connectivity index (χ0n) is 17.7. The van der Waals surface area contributed by atoms with Gasteiger partial charge < -0.3 is 14.5 Å². The molecule has 0 saturated carbocycles. The van der Waals surface area contributed by atoms with Gasteiger partial charge in [-0.25, -0.2) is 4.39 Å². The molecule has 0 fully saturated rings. The summed E-state index contributed by atoms with van der Waals surface area (Å²) in [5.41, 5.74) is 3.25. The Kier molecular flexibility index (Phi) is 4.90. The van der Waals surface area contributed by atoms with Gasteiger partial charge in [-0.3, -0.25) is 14.9 Å². The average molecular weight is 442 g/mol. The maximum Gasteiger partial charge on any atom is 0.272 e. The highest BCUT2D eigenvalue weighted by atomic mass is 19.1. The summed E-state index contributed by atoms with van der Waals surface area (Å²) >= 11 is 0. The predicted molar refractivity (Wildman–Crippen MR) is 125 cm³/mol. The molecule has 0 spiro atoms. The summed E-state index contributed by atoms with van der Waals surface area (Å²) in [7, 11) is 1.95. The van der Waals surface area contributed by atoms with Gasteiger partial charge in [-0.15, -0.1) is 0 Å². The number of aryl methyl sites for hydroxylation is 1. The minimum atomic E-state index is -0.474. The van der Waals surface area contributed by atoms with Crippen molar-refractivity contribution in [3.05, 3.63) is 106 Å². The molecule has 0 aliphatic heterocycles. The molecule has 0 aliphatic carbocycles. The third kappa shape index (κ3) is 3.82. The fourth-order valence-corrected chi connectivity index (χ4v) is 4.10. The van der Waals surface area contributed by atoms with Gasteiger partial charge in [0.15, 0.2) is 0 Å². The number of nitrogens with zero attached hydrogens (tertiary/aromatic N) is 3. The van der Waals surface area contributed by atoms with Crippen LogP contribution < -0.4 is 5.32 Å². The highest BCUT2D eigenvalue weighted by molar-refractivity contribution is 6.07. The molecule has 0 aliphatic rings. The number of nitro groups is 1. The van der Waals surface area contributed by atoms with E-state index in [1.807, 2.05) is 42.1 Å². The number of rotatable bonds is 5. The van der Waals surface area contributed by atoms with Gasteiger partial charge in [0.25, 0.3) is 11.6 Å².